The van der Waals surface area contributed by atoms with Crippen molar-refractivity contribution in [2.75, 3.05) is 29.9 Å². The number of fused-ring (bicyclic) bond motifs is 1. The number of benzene rings is 2. The Morgan fingerprint density at radius 2 is 1.96 bits per heavy atom. The minimum absolute atomic E-state index is 0.0279. The van der Waals surface area contributed by atoms with Crippen LogP contribution in [0, 0.1) is 6.92 Å². The molecule has 0 saturated carbocycles. The lowest BCUT2D eigenvalue weighted by molar-refractivity contribution is 0.302. The molecule has 1 heterocycles. The number of aliphatic hydroxyl groups is 1. The Bertz CT molecular complexity index is 930. The summed E-state index contributed by atoms with van der Waals surface area (Å²) in [5, 5.41) is 24.7. The van der Waals surface area contributed by atoms with Gasteiger partial charge in [-0.25, -0.2) is 0 Å². The smallest absolute Gasteiger partial charge is 0.139 e. The number of phenolic OH excluding ortho intramolecular Hbond substituents is 1. The Morgan fingerprint density at radius 1 is 1.15 bits per heavy atom. The number of likely N-dealkylation sites (N-methyl/N-ethyl adjacent to an activating group) is 1. The van der Waals surface area contributed by atoms with E-state index < -0.39 is 0 Å². The SMILES string of the molecule is CCN(CCO)c1c(O)ccc(Nc2ccnc3cc(Cl)ccc23)c1C. The van der Waals surface area contributed by atoms with Crippen molar-refractivity contribution in [3.8, 4) is 5.75 Å². The summed E-state index contributed by atoms with van der Waals surface area (Å²) in [6.45, 7) is 5.13. The molecule has 3 N–H and O–H groups in total. The van der Waals surface area contributed by atoms with Gasteiger partial charge in [-0.3, -0.25) is 4.98 Å². The first-order chi connectivity index (χ1) is 12.5. The highest BCUT2D eigenvalue weighted by atomic mass is 35.5. The summed E-state index contributed by atoms with van der Waals surface area (Å²) >= 11 is 6.06. The number of aromatic hydroxyl groups is 1. The third-order valence-electron chi connectivity index (χ3n) is 4.45. The number of aromatic nitrogens is 1. The molecule has 26 heavy (non-hydrogen) atoms. The van der Waals surface area contributed by atoms with Crippen molar-refractivity contribution >= 4 is 39.6 Å². The molecule has 0 aliphatic heterocycles. The highest BCUT2D eigenvalue weighted by Crippen LogP contribution is 2.37. The monoisotopic (exact) mass is 371 g/mol. The number of phenols is 1. The van der Waals surface area contributed by atoms with Crippen LogP contribution in [0.5, 0.6) is 5.75 Å². The van der Waals surface area contributed by atoms with E-state index in [0.717, 1.165) is 33.5 Å². The number of hydrogen-bond acceptors (Lipinski definition) is 5. The number of aliphatic hydroxyl groups excluding tert-OH is 1. The van der Waals surface area contributed by atoms with Crippen LogP contribution in [-0.2, 0) is 0 Å². The summed E-state index contributed by atoms with van der Waals surface area (Å²) in [5.74, 6) is 0.203. The van der Waals surface area contributed by atoms with Crippen LogP contribution >= 0.6 is 11.6 Å². The Labute approximate surface area is 157 Å². The zero-order chi connectivity index (χ0) is 18.7. The van der Waals surface area contributed by atoms with Crippen molar-refractivity contribution in [2.24, 2.45) is 0 Å². The molecule has 136 valence electrons. The lowest BCUT2D eigenvalue weighted by Gasteiger charge is -2.26. The number of nitrogens with one attached hydrogen (secondary N) is 1. The number of rotatable bonds is 6. The Kier molecular flexibility index (Phi) is 5.49. The zero-order valence-corrected chi connectivity index (χ0v) is 15.6. The molecule has 0 amide bonds. The molecule has 0 atom stereocenters. The number of anilines is 3. The van der Waals surface area contributed by atoms with Crippen molar-refractivity contribution in [1.82, 2.24) is 4.98 Å². The fourth-order valence-corrected chi connectivity index (χ4v) is 3.31. The number of pyridine rings is 1. The van der Waals surface area contributed by atoms with Crippen LogP contribution in [0.1, 0.15) is 12.5 Å². The first-order valence-corrected chi connectivity index (χ1v) is 8.92. The average Bonchev–Trinajstić information content (AvgIpc) is 2.63. The van der Waals surface area contributed by atoms with Gasteiger partial charge in [0.2, 0.25) is 0 Å². The predicted molar refractivity (Wildman–Crippen MR) is 108 cm³/mol. The molecule has 6 heteroatoms. The molecule has 0 unspecified atom stereocenters. The van der Waals surface area contributed by atoms with Gasteiger partial charge in [0.25, 0.3) is 0 Å². The first-order valence-electron chi connectivity index (χ1n) is 8.54. The maximum atomic E-state index is 10.3. The number of halogens is 1. The molecular weight excluding hydrogens is 350 g/mol. The van der Waals surface area contributed by atoms with Gasteiger partial charge in [-0.05, 0) is 55.8 Å². The summed E-state index contributed by atoms with van der Waals surface area (Å²) in [4.78, 5) is 6.32. The van der Waals surface area contributed by atoms with E-state index in [-0.39, 0.29) is 12.4 Å². The summed E-state index contributed by atoms with van der Waals surface area (Å²) < 4.78 is 0. The quantitative estimate of drug-likeness (QED) is 0.558. The lowest BCUT2D eigenvalue weighted by Crippen LogP contribution is -2.27. The molecule has 0 saturated heterocycles. The highest BCUT2D eigenvalue weighted by molar-refractivity contribution is 6.31. The van der Waals surface area contributed by atoms with Crippen molar-refractivity contribution in [1.29, 1.82) is 0 Å². The van der Waals surface area contributed by atoms with Crippen LogP contribution in [0.2, 0.25) is 5.02 Å². The molecule has 0 aliphatic carbocycles. The van der Waals surface area contributed by atoms with E-state index in [1.54, 1.807) is 12.3 Å². The Balaban J connectivity index is 2.04. The zero-order valence-electron chi connectivity index (χ0n) is 14.8. The van der Waals surface area contributed by atoms with Crippen LogP contribution in [0.4, 0.5) is 17.1 Å². The van der Waals surface area contributed by atoms with Gasteiger partial charge in [0.1, 0.15) is 5.75 Å². The molecule has 3 rings (SSSR count). The van der Waals surface area contributed by atoms with Gasteiger partial charge < -0.3 is 20.4 Å². The second-order valence-corrected chi connectivity index (χ2v) is 6.49. The number of nitrogens with zero attached hydrogens (tertiary/aromatic N) is 2. The normalized spacial score (nSPS) is 10.9. The minimum Gasteiger partial charge on any atom is -0.506 e. The highest BCUT2D eigenvalue weighted by Gasteiger charge is 2.16. The van der Waals surface area contributed by atoms with Gasteiger partial charge in [0.15, 0.2) is 0 Å². The van der Waals surface area contributed by atoms with E-state index in [2.05, 4.69) is 10.3 Å². The summed E-state index contributed by atoms with van der Waals surface area (Å²) in [7, 11) is 0. The van der Waals surface area contributed by atoms with E-state index in [0.29, 0.717) is 18.1 Å². The topological polar surface area (TPSA) is 68.6 Å². The standard InChI is InChI=1S/C20H22ClN3O2/c1-3-24(10-11-25)20-13(2)16(6-7-19(20)26)23-17-8-9-22-18-12-14(21)4-5-15(17)18/h4-9,12,25-26H,3,10-11H2,1-2H3,(H,22,23). The fourth-order valence-electron chi connectivity index (χ4n) is 3.14. The van der Waals surface area contributed by atoms with Gasteiger partial charge in [0.05, 0.1) is 17.8 Å². The molecule has 0 radical (unpaired) electrons. The fraction of sp³-hybridized carbons (Fsp3) is 0.250. The average molecular weight is 372 g/mol. The number of hydrogen-bond donors (Lipinski definition) is 3. The van der Waals surface area contributed by atoms with Gasteiger partial charge in [0, 0.05) is 41.1 Å². The van der Waals surface area contributed by atoms with Crippen LogP contribution in [0.15, 0.2) is 42.6 Å². The summed E-state index contributed by atoms with van der Waals surface area (Å²) in [6, 6.07) is 11.0. The van der Waals surface area contributed by atoms with Gasteiger partial charge >= 0.3 is 0 Å². The van der Waals surface area contributed by atoms with E-state index >= 15 is 0 Å². The van der Waals surface area contributed by atoms with Crippen LogP contribution in [0.3, 0.4) is 0 Å². The van der Waals surface area contributed by atoms with E-state index in [9.17, 15) is 10.2 Å². The largest absolute Gasteiger partial charge is 0.506 e. The maximum Gasteiger partial charge on any atom is 0.139 e. The molecule has 0 spiro atoms. The van der Waals surface area contributed by atoms with Crippen molar-refractivity contribution in [3.63, 3.8) is 0 Å². The molecule has 0 bridgehead atoms. The molecule has 0 fully saturated rings. The van der Waals surface area contributed by atoms with Crippen molar-refractivity contribution in [2.45, 2.75) is 13.8 Å². The molecule has 5 nitrogen and oxygen atoms in total. The van der Waals surface area contributed by atoms with E-state index in [1.165, 1.54) is 0 Å². The Hall–Kier alpha value is -2.50. The van der Waals surface area contributed by atoms with Crippen LogP contribution in [-0.4, -0.2) is 34.9 Å². The first kappa shape index (κ1) is 18.3. The van der Waals surface area contributed by atoms with E-state index in [1.807, 2.05) is 49.1 Å². The molecule has 3 aromatic rings. The van der Waals surface area contributed by atoms with Gasteiger partial charge in [-0.2, -0.15) is 0 Å². The molecular formula is C20H22ClN3O2. The summed E-state index contributed by atoms with van der Waals surface area (Å²) in [6.07, 6.45) is 1.74. The summed E-state index contributed by atoms with van der Waals surface area (Å²) in [5.41, 5.74) is 4.26. The van der Waals surface area contributed by atoms with Gasteiger partial charge in [-0.15, -0.1) is 0 Å². The Morgan fingerprint density at radius 3 is 2.69 bits per heavy atom. The second-order valence-electron chi connectivity index (χ2n) is 6.05. The van der Waals surface area contributed by atoms with Crippen molar-refractivity contribution in [3.05, 3.63) is 53.2 Å². The third-order valence-corrected chi connectivity index (χ3v) is 4.69. The second kappa shape index (κ2) is 7.81. The van der Waals surface area contributed by atoms with Crippen LogP contribution in [0.25, 0.3) is 10.9 Å². The molecule has 2 aromatic carbocycles. The predicted octanol–water partition coefficient (Wildman–Crippen LogP) is 4.46. The maximum absolute atomic E-state index is 10.3. The van der Waals surface area contributed by atoms with Crippen molar-refractivity contribution < 1.29 is 10.2 Å². The molecule has 1 aromatic heterocycles. The van der Waals surface area contributed by atoms with Gasteiger partial charge in [-0.1, -0.05) is 11.6 Å². The van der Waals surface area contributed by atoms with Crippen LogP contribution < -0.4 is 10.2 Å². The third kappa shape index (κ3) is 3.54. The molecule has 0 aliphatic rings. The van der Waals surface area contributed by atoms with E-state index in [4.69, 9.17) is 11.6 Å². The lowest BCUT2D eigenvalue weighted by atomic mass is 10.1. The minimum atomic E-state index is 0.0279.